The summed E-state index contributed by atoms with van der Waals surface area (Å²) in [6.07, 6.45) is -1.54. The van der Waals surface area contributed by atoms with Crippen molar-refractivity contribution in [1.29, 1.82) is 0 Å². The molecule has 7 nitrogen and oxygen atoms in total. The molecular formula is C10H14N2O5. The third-order valence-corrected chi connectivity index (χ3v) is 2.08. The topological polar surface area (TPSA) is 126 Å². The highest BCUT2D eigenvalue weighted by molar-refractivity contribution is 5.91. The van der Waals surface area contributed by atoms with E-state index < -0.39 is 18.0 Å². The molecule has 0 fully saturated rings. The molecule has 1 rings (SSSR count). The second-order valence-corrected chi connectivity index (χ2v) is 3.37. The minimum atomic E-state index is -1.48. The maximum absolute atomic E-state index is 11.5. The molecule has 0 spiro atoms. The minimum Gasteiger partial charge on any atom is -0.479 e. The summed E-state index contributed by atoms with van der Waals surface area (Å²) in [5.74, 6) is -1.19. The van der Waals surface area contributed by atoms with E-state index in [0.29, 0.717) is 5.76 Å². The van der Waals surface area contributed by atoms with Crippen molar-refractivity contribution in [3.8, 4) is 0 Å². The predicted molar refractivity (Wildman–Crippen MR) is 57.2 cm³/mol. The monoisotopic (exact) mass is 242 g/mol. The number of hydrogen-bond acceptors (Lipinski definition) is 5. The number of aliphatic hydroxyl groups is 1. The lowest BCUT2D eigenvalue weighted by atomic mass is 10.2. The van der Waals surface area contributed by atoms with Gasteiger partial charge in [0.2, 0.25) is 0 Å². The van der Waals surface area contributed by atoms with Crippen molar-refractivity contribution in [2.75, 3.05) is 6.54 Å². The Hall–Kier alpha value is -1.86. The zero-order valence-electron chi connectivity index (χ0n) is 9.05. The smallest absolute Gasteiger partial charge is 0.332 e. The van der Waals surface area contributed by atoms with Crippen LogP contribution in [0.5, 0.6) is 0 Å². The van der Waals surface area contributed by atoms with Crippen molar-refractivity contribution in [1.82, 2.24) is 5.32 Å². The van der Waals surface area contributed by atoms with Crippen LogP contribution in [0.4, 0.5) is 0 Å². The van der Waals surface area contributed by atoms with E-state index in [-0.39, 0.29) is 25.3 Å². The number of aliphatic hydroxyl groups excluding tert-OH is 1. The molecule has 0 saturated heterocycles. The first-order chi connectivity index (χ1) is 8.04. The first-order valence-corrected chi connectivity index (χ1v) is 5.02. The SMILES string of the molecule is NCc1ccc(C(=O)NCCC(O)C(=O)O)o1. The molecule has 0 aromatic carbocycles. The number of nitrogens with two attached hydrogens (primary N) is 1. The van der Waals surface area contributed by atoms with E-state index in [1.807, 2.05) is 0 Å². The standard InChI is InChI=1S/C10H14N2O5/c11-5-6-1-2-8(17-6)9(14)12-4-3-7(13)10(15)16/h1-2,7,13H,3-5,11H2,(H,12,14)(H,15,16). The molecule has 5 N–H and O–H groups in total. The van der Waals surface area contributed by atoms with E-state index in [1.165, 1.54) is 6.07 Å². The Morgan fingerprint density at radius 1 is 1.47 bits per heavy atom. The second-order valence-electron chi connectivity index (χ2n) is 3.37. The first kappa shape index (κ1) is 13.2. The number of nitrogens with one attached hydrogen (secondary N) is 1. The number of rotatable bonds is 6. The van der Waals surface area contributed by atoms with E-state index in [1.54, 1.807) is 6.07 Å². The van der Waals surface area contributed by atoms with Gasteiger partial charge in [-0.25, -0.2) is 4.79 Å². The van der Waals surface area contributed by atoms with Crippen LogP contribution in [0.15, 0.2) is 16.5 Å². The van der Waals surface area contributed by atoms with Gasteiger partial charge in [0.1, 0.15) is 5.76 Å². The fourth-order valence-corrected chi connectivity index (χ4v) is 1.14. The van der Waals surface area contributed by atoms with Crippen LogP contribution < -0.4 is 11.1 Å². The summed E-state index contributed by atoms with van der Waals surface area (Å²) >= 11 is 0. The highest BCUT2D eigenvalue weighted by Crippen LogP contribution is 2.06. The molecule has 1 amide bonds. The average molecular weight is 242 g/mol. The van der Waals surface area contributed by atoms with Crippen LogP contribution in [-0.2, 0) is 11.3 Å². The largest absolute Gasteiger partial charge is 0.479 e. The molecule has 1 aromatic heterocycles. The Bertz CT molecular complexity index is 401. The summed E-state index contributed by atoms with van der Waals surface area (Å²) in [6, 6.07) is 3.06. The number of amides is 1. The predicted octanol–water partition coefficient (Wildman–Crippen LogP) is -0.696. The van der Waals surface area contributed by atoms with E-state index in [9.17, 15) is 9.59 Å². The Kier molecular flexibility index (Phi) is 4.68. The summed E-state index contributed by atoms with van der Waals surface area (Å²) in [4.78, 5) is 21.7. The Morgan fingerprint density at radius 2 is 2.18 bits per heavy atom. The fraction of sp³-hybridized carbons (Fsp3) is 0.400. The molecule has 0 aliphatic heterocycles. The van der Waals surface area contributed by atoms with E-state index >= 15 is 0 Å². The van der Waals surface area contributed by atoms with E-state index in [0.717, 1.165) is 0 Å². The molecule has 1 aromatic rings. The molecule has 0 bridgehead atoms. The van der Waals surface area contributed by atoms with Gasteiger partial charge in [-0.1, -0.05) is 0 Å². The molecule has 17 heavy (non-hydrogen) atoms. The van der Waals surface area contributed by atoms with Crippen LogP contribution in [0, 0.1) is 0 Å². The van der Waals surface area contributed by atoms with Crippen LogP contribution in [0.2, 0.25) is 0 Å². The molecule has 0 aliphatic rings. The number of carboxylic acid groups (broad SMARTS) is 1. The van der Waals surface area contributed by atoms with Gasteiger partial charge in [0, 0.05) is 13.0 Å². The zero-order chi connectivity index (χ0) is 12.8. The summed E-state index contributed by atoms with van der Waals surface area (Å²) < 4.78 is 5.08. The Morgan fingerprint density at radius 3 is 2.71 bits per heavy atom. The van der Waals surface area contributed by atoms with Gasteiger partial charge in [0.05, 0.1) is 6.54 Å². The highest BCUT2D eigenvalue weighted by atomic mass is 16.4. The maximum Gasteiger partial charge on any atom is 0.332 e. The summed E-state index contributed by atoms with van der Waals surface area (Å²) in [6.45, 7) is 0.246. The number of aliphatic carboxylic acids is 1. The number of carbonyl (C=O) groups excluding carboxylic acids is 1. The normalized spacial score (nSPS) is 12.1. The van der Waals surface area contributed by atoms with Gasteiger partial charge < -0.3 is 25.7 Å². The Balaban J connectivity index is 2.37. The van der Waals surface area contributed by atoms with Crippen molar-refractivity contribution in [2.45, 2.75) is 19.1 Å². The molecule has 0 saturated carbocycles. The Labute approximate surface area is 97.2 Å². The molecule has 94 valence electrons. The van der Waals surface area contributed by atoms with Crippen molar-refractivity contribution < 1.29 is 24.2 Å². The third-order valence-electron chi connectivity index (χ3n) is 2.08. The lowest BCUT2D eigenvalue weighted by molar-refractivity contribution is -0.146. The lowest BCUT2D eigenvalue weighted by Crippen LogP contribution is -2.29. The van der Waals surface area contributed by atoms with Gasteiger partial charge in [-0.2, -0.15) is 0 Å². The van der Waals surface area contributed by atoms with Gasteiger partial charge in [-0.3, -0.25) is 4.79 Å². The fourth-order valence-electron chi connectivity index (χ4n) is 1.14. The average Bonchev–Trinajstić information content (AvgIpc) is 2.77. The van der Waals surface area contributed by atoms with E-state index in [2.05, 4.69) is 5.32 Å². The van der Waals surface area contributed by atoms with Gasteiger partial charge in [0.15, 0.2) is 11.9 Å². The molecule has 0 radical (unpaired) electrons. The lowest BCUT2D eigenvalue weighted by Gasteiger charge is -2.05. The van der Waals surface area contributed by atoms with Crippen LogP contribution in [0.1, 0.15) is 22.7 Å². The van der Waals surface area contributed by atoms with Gasteiger partial charge in [0.25, 0.3) is 5.91 Å². The molecule has 1 heterocycles. The van der Waals surface area contributed by atoms with E-state index in [4.69, 9.17) is 20.4 Å². The van der Waals surface area contributed by atoms with Crippen molar-refractivity contribution >= 4 is 11.9 Å². The van der Waals surface area contributed by atoms with Gasteiger partial charge in [-0.15, -0.1) is 0 Å². The quantitative estimate of drug-likeness (QED) is 0.522. The van der Waals surface area contributed by atoms with Crippen LogP contribution in [-0.4, -0.2) is 34.7 Å². The minimum absolute atomic E-state index is 0.0466. The molecule has 7 heteroatoms. The second kappa shape index (κ2) is 6.02. The van der Waals surface area contributed by atoms with Gasteiger partial charge >= 0.3 is 5.97 Å². The van der Waals surface area contributed by atoms with Crippen molar-refractivity contribution in [3.05, 3.63) is 23.7 Å². The molecule has 1 atom stereocenters. The number of furan rings is 1. The summed E-state index contributed by atoms with van der Waals surface area (Å²) in [5, 5.41) is 19.8. The number of hydrogen-bond donors (Lipinski definition) is 4. The highest BCUT2D eigenvalue weighted by Gasteiger charge is 2.14. The van der Waals surface area contributed by atoms with Crippen LogP contribution >= 0.6 is 0 Å². The van der Waals surface area contributed by atoms with Crippen molar-refractivity contribution in [3.63, 3.8) is 0 Å². The summed E-state index contributed by atoms with van der Waals surface area (Å²) in [5.41, 5.74) is 5.31. The van der Waals surface area contributed by atoms with Crippen LogP contribution in [0.3, 0.4) is 0 Å². The number of carbonyl (C=O) groups is 2. The maximum atomic E-state index is 11.5. The first-order valence-electron chi connectivity index (χ1n) is 5.02. The summed E-state index contributed by atoms with van der Waals surface area (Å²) in [7, 11) is 0. The molecule has 0 aliphatic carbocycles. The van der Waals surface area contributed by atoms with Gasteiger partial charge in [-0.05, 0) is 12.1 Å². The number of carboxylic acids is 1. The third kappa shape index (κ3) is 3.89. The molecule has 1 unspecified atom stereocenters. The zero-order valence-corrected chi connectivity index (χ0v) is 9.05. The molecular weight excluding hydrogens is 228 g/mol. The van der Waals surface area contributed by atoms with Crippen LogP contribution in [0.25, 0.3) is 0 Å². The van der Waals surface area contributed by atoms with Crippen molar-refractivity contribution in [2.24, 2.45) is 5.73 Å².